The number of hydrogen-bond donors (Lipinski definition) is 0. The van der Waals surface area contributed by atoms with E-state index in [9.17, 15) is 0 Å². The van der Waals surface area contributed by atoms with Crippen molar-refractivity contribution < 1.29 is 26.5 Å². The molecule has 11 heterocycles. The lowest BCUT2D eigenvalue weighted by Gasteiger charge is -2.09. The summed E-state index contributed by atoms with van der Waals surface area (Å²) in [5.74, 6) is 10.6. The number of furan rings is 6. The van der Waals surface area contributed by atoms with Crippen molar-refractivity contribution in [1.82, 2.24) is 0 Å². The van der Waals surface area contributed by atoms with Gasteiger partial charge in [0.15, 0.2) is 23.0 Å². The molecule has 1 aliphatic rings. The maximum absolute atomic E-state index is 7.45. The van der Waals surface area contributed by atoms with Crippen molar-refractivity contribution in [1.29, 1.82) is 0 Å². The minimum Gasteiger partial charge on any atom is -0.454 e. The van der Waals surface area contributed by atoms with Crippen molar-refractivity contribution in [3.63, 3.8) is 0 Å². The van der Waals surface area contributed by atoms with Crippen LogP contribution in [-0.4, -0.2) is 0 Å². The minimum absolute atomic E-state index is 0.768. The van der Waals surface area contributed by atoms with Crippen molar-refractivity contribution in [3.05, 3.63) is 117 Å². The first kappa shape index (κ1) is 73.7. The van der Waals surface area contributed by atoms with E-state index in [0.717, 1.165) is 172 Å². The van der Waals surface area contributed by atoms with Crippen molar-refractivity contribution in [3.8, 4) is 108 Å². The van der Waals surface area contributed by atoms with Gasteiger partial charge in [-0.25, -0.2) is 0 Å². The first-order valence-electron chi connectivity index (χ1n) is 39.5. The second kappa shape index (κ2) is 37.9. The van der Waals surface area contributed by atoms with E-state index in [2.05, 4.69) is 128 Å². The van der Waals surface area contributed by atoms with E-state index in [4.69, 9.17) is 26.5 Å². The van der Waals surface area contributed by atoms with Crippen LogP contribution in [0.3, 0.4) is 0 Å². The molecule has 0 atom stereocenters. The Kier molecular flexibility index (Phi) is 28.5. The normalized spacial score (nSPS) is 12.1. The topological polar surface area (TPSA) is 78.8 Å². The lowest BCUT2D eigenvalue weighted by molar-refractivity contribution is 0.539. The van der Waals surface area contributed by atoms with Gasteiger partial charge < -0.3 is 26.5 Å². The van der Waals surface area contributed by atoms with Crippen LogP contribution in [0.15, 0.2) is 99.3 Å². The third-order valence-corrected chi connectivity index (χ3v) is 25.8. The van der Waals surface area contributed by atoms with Crippen LogP contribution >= 0.6 is 45.3 Å². The van der Waals surface area contributed by atoms with Gasteiger partial charge in [0.1, 0.15) is 46.1 Å². The van der Waals surface area contributed by atoms with Crippen molar-refractivity contribution in [2.45, 2.75) is 312 Å². The Morgan fingerprint density at radius 1 is 0.163 bits per heavy atom. The Balaban J connectivity index is 1.12. The van der Waals surface area contributed by atoms with E-state index in [1.165, 1.54) is 238 Å². The molecule has 0 N–H and O–H groups in total. The third-order valence-electron chi connectivity index (χ3n) is 20.6. The minimum atomic E-state index is 0.768. The van der Waals surface area contributed by atoms with Gasteiger partial charge in [0.2, 0.25) is 0 Å². The first-order chi connectivity index (χ1) is 48.3. The van der Waals surface area contributed by atoms with Crippen molar-refractivity contribution in [2.75, 3.05) is 0 Å². The standard InChI is InChI=1S/C88H116O6S4/c1-9-17-25-33-41-61-65(45-37-29-21-13-5)85-77-57-58-78(93-77)86-66(46-38-30-22-14-6)62(42-34-26-18-10-2)83(96-86)75-55-51-71(91-75)72-52-56-76(92-72)84-64(44-36-28-20-12-4)68(48-40-32-24-16-8)88(98-84)80-60-59-79(94-80)87-67(47-39-31-23-15-7)63(43-35-27-19-11-3)82(97-87)74-54-50-70(90-74)69-49-53-73(89-69)81(61)95-85/h49-60H,9-48H2,1-8H3. The highest BCUT2D eigenvalue weighted by molar-refractivity contribution is 7.20. The van der Waals surface area contributed by atoms with E-state index in [0.29, 0.717) is 0 Å². The maximum Gasteiger partial charge on any atom is 0.170 e. The van der Waals surface area contributed by atoms with Gasteiger partial charge in [0.05, 0.1) is 39.0 Å². The monoisotopic (exact) mass is 1400 g/mol. The highest BCUT2D eigenvalue weighted by Gasteiger charge is 2.31. The Morgan fingerprint density at radius 3 is 0.418 bits per heavy atom. The molecular weight excluding hydrogens is 1280 g/mol. The van der Waals surface area contributed by atoms with Gasteiger partial charge in [0.25, 0.3) is 0 Å². The van der Waals surface area contributed by atoms with Crippen LogP contribution in [0.5, 0.6) is 0 Å². The largest absolute Gasteiger partial charge is 0.454 e. The molecule has 0 fully saturated rings. The van der Waals surface area contributed by atoms with Crippen molar-refractivity contribution >= 4 is 45.3 Å². The smallest absolute Gasteiger partial charge is 0.170 e. The van der Waals surface area contributed by atoms with Crippen LogP contribution in [-0.2, 0) is 51.4 Å². The number of hydrogen-bond acceptors (Lipinski definition) is 10. The molecule has 528 valence electrons. The van der Waals surface area contributed by atoms with Gasteiger partial charge in [-0.2, -0.15) is 0 Å². The van der Waals surface area contributed by atoms with Crippen molar-refractivity contribution in [2.24, 2.45) is 0 Å². The van der Waals surface area contributed by atoms with Gasteiger partial charge in [0, 0.05) is 0 Å². The van der Waals surface area contributed by atoms with Crippen LogP contribution in [0.1, 0.15) is 305 Å². The van der Waals surface area contributed by atoms with Gasteiger partial charge in [-0.15, -0.1) is 45.3 Å². The summed E-state index contributed by atoms with van der Waals surface area (Å²) in [6.45, 7) is 18.6. The number of fused-ring (bicyclic) bond motifs is 30. The maximum atomic E-state index is 7.45. The van der Waals surface area contributed by atoms with Crippen LogP contribution < -0.4 is 0 Å². The zero-order valence-electron chi connectivity index (χ0n) is 61.3. The fraction of sp³-hybridized carbons (Fsp3) is 0.545. The highest BCUT2D eigenvalue weighted by atomic mass is 32.1. The molecule has 0 unspecified atom stereocenters. The van der Waals surface area contributed by atoms with Crippen LogP contribution in [0.25, 0.3) is 108 Å². The third kappa shape index (κ3) is 18.0. The summed E-state index contributed by atoms with van der Waals surface area (Å²) in [5, 5.41) is 0. The van der Waals surface area contributed by atoms with Crippen LogP contribution in [0, 0.1) is 0 Å². The summed E-state index contributed by atoms with van der Waals surface area (Å²) in [6, 6.07) is 26.7. The first-order valence-corrected chi connectivity index (χ1v) is 42.8. The van der Waals surface area contributed by atoms with Gasteiger partial charge in [-0.1, -0.05) is 209 Å². The lowest BCUT2D eigenvalue weighted by Crippen LogP contribution is -1.96. The number of thiophene rings is 4. The SMILES string of the molecule is CCCCCCc1c2sc(c1CCCCCC)-c1ccc(o1)-c1sc(c(CCCCCC)c1CCCCCC)-c1ccc(o1)-c1ccc(o1)-c1sc(c(CCCCCC)c1CCCCCC)-c1ccc(o1)-c1sc(c(CCCCCC)c1CCCCCC)-c1ccc(o1)-c1ccc-2o1. The molecule has 0 aromatic carbocycles. The van der Waals surface area contributed by atoms with E-state index < -0.39 is 0 Å². The molecule has 0 spiro atoms. The van der Waals surface area contributed by atoms with E-state index in [-0.39, 0.29) is 0 Å². The summed E-state index contributed by atoms with van der Waals surface area (Å²) >= 11 is 7.52. The molecule has 11 rings (SSSR count). The van der Waals surface area contributed by atoms with E-state index in [1.54, 1.807) is 0 Å². The van der Waals surface area contributed by atoms with Gasteiger partial charge in [-0.05, 0) is 220 Å². The second-order valence-electron chi connectivity index (χ2n) is 28.3. The molecule has 10 heteroatoms. The molecule has 0 saturated heterocycles. The average molecular weight is 1400 g/mol. The Bertz CT molecular complexity index is 3480. The van der Waals surface area contributed by atoms with E-state index >= 15 is 0 Å². The average Bonchev–Trinajstić information content (AvgIpc) is 1.62. The van der Waals surface area contributed by atoms with Crippen LogP contribution in [0.4, 0.5) is 0 Å². The van der Waals surface area contributed by atoms with E-state index in [1.807, 2.05) is 45.3 Å². The summed E-state index contributed by atoms with van der Waals surface area (Å²) in [5.41, 5.74) is 11.5. The molecule has 20 bridgehead atoms. The van der Waals surface area contributed by atoms with Crippen LogP contribution in [0.2, 0.25) is 0 Å². The van der Waals surface area contributed by atoms with Gasteiger partial charge >= 0.3 is 0 Å². The molecule has 10 aromatic rings. The fourth-order valence-corrected chi connectivity index (χ4v) is 20.4. The summed E-state index contributed by atoms with van der Waals surface area (Å²) in [4.78, 5) is 9.92. The quantitative estimate of drug-likeness (QED) is 0.0356. The molecule has 0 aliphatic carbocycles. The Hall–Kier alpha value is -5.52. The zero-order chi connectivity index (χ0) is 68.0. The molecule has 0 radical (unpaired) electrons. The van der Waals surface area contributed by atoms with Gasteiger partial charge in [-0.3, -0.25) is 0 Å². The molecule has 0 saturated carbocycles. The predicted octanol–water partition coefficient (Wildman–Crippen LogP) is 31.5. The Morgan fingerprint density at radius 2 is 0.286 bits per heavy atom. The molecule has 1 aliphatic heterocycles. The molecule has 10 aromatic heterocycles. The fourth-order valence-electron chi connectivity index (χ4n) is 15.1. The Labute approximate surface area is 605 Å². The zero-order valence-corrected chi connectivity index (χ0v) is 64.6. The molecule has 0 amide bonds. The molecule has 6 nitrogen and oxygen atoms in total. The summed E-state index contributed by atoms with van der Waals surface area (Å²) in [6.07, 6.45) is 46.6. The predicted molar refractivity (Wildman–Crippen MR) is 422 cm³/mol. The molecule has 98 heavy (non-hydrogen) atoms. The second-order valence-corrected chi connectivity index (χ2v) is 32.4. The number of unbranched alkanes of at least 4 members (excludes halogenated alkanes) is 24. The summed E-state index contributed by atoms with van der Waals surface area (Å²) < 4.78 is 43.6. The lowest BCUT2D eigenvalue weighted by atomic mass is 9.95. The highest BCUT2D eigenvalue weighted by Crippen LogP contribution is 2.53. The molecular formula is C88H116O6S4. The summed E-state index contributed by atoms with van der Waals surface area (Å²) in [7, 11) is 0. The number of rotatable bonds is 40.